The highest BCUT2D eigenvalue weighted by atomic mass is 16.4. The average Bonchev–Trinajstić information content (AvgIpc) is 3.28. The highest BCUT2D eigenvalue weighted by Gasteiger charge is 2.58. The molecule has 0 bridgehead atoms. The molecule has 1 aliphatic rings. The number of hydrogen-bond donors (Lipinski definition) is 3. The van der Waals surface area contributed by atoms with Gasteiger partial charge in [-0.3, -0.25) is 9.59 Å². The number of aliphatic carboxylic acids is 2. The van der Waals surface area contributed by atoms with Crippen molar-refractivity contribution in [3.63, 3.8) is 0 Å². The van der Waals surface area contributed by atoms with Crippen LogP contribution in [0.15, 0.2) is 60.8 Å². The molecule has 35 heavy (non-hydrogen) atoms. The molecule has 1 amide bonds. The molecule has 2 aromatic carbocycles. The van der Waals surface area contributed by atoms with Crippen LogP contribution in [0.3, 0.4) is 0 Å². The summed E-state index contributed by atoms with van der Waals surface area (Å²) in [5.41, 5.74) is 1.12. The summed E-state index contributed by atoms with van der Waals surface area (Å²) in [6, 6.07) is 16.7. The van der Waals surface area contributed by atoms with E-state index >= 15 is 0 Å². The number of fused-ring (bicyclic) bond motifs is 1. The number of nitrogens with one attached hydrogen (secondary N) is 1. The van der Waals surface area contributed by atoms with E-state index in [1.807, 2.05) is 60.8 Å². The van der Waals surface area contributed by atoms with Crippen molar-refractivity contribution in [2.45, 2.75) is 52.6 Å². The van der Waals surface area contributed by atoms with Crippen LogP contribution in [0.1, 0.15) is 44.7 Å². The van der Waals surface area contributed by atoms with Crippen LogP contribution in [0, 0.1) is 16.7 Å². The number of benzene rings is 2. The highest BCUT2D eigenvalue weighted by molar-refractivity contribution is 5.89. The molecule has 3 atom stereocenters. The molecule has 0 saturated heterocycles. The number of amides is 1. The Balaban J connectivity index is 1.58. The Hall–Kier alpha value is -3.61. The predicted octanol–water partition coefficient (Wildman–Crippen LogP) is 4.33. The van der Waals surface area contributed by atoms with Gasteiger partial charge in [-0.15, -0.1) is 0 Å². The Morgan fingerprint density at radius 1 is 1.03 bits per heavy atom. The van der Waals surface area contributed by atoms with Gasteiger partial charge in [-0.2, -0.15) is 0 Å². The van der Waals surface area contributed by atoms with Gasteiger partial charge in [0, 0.05) is 36.0 Å². The van der Waals surface area contributed by atoms with Crippen molar-refractivity contribution in [3.05, 3.63) is 71.9 Å². The molecular formula is C28H32N2O5. The van der Waals surface area contributed by atoms with Gasteiger partial charge in [0.05, 0.1) is 5.41 Å². The van der Waals surface area contributed by atoms with Crippen LogP contribution < -0.4 is 5.32 Å². The molecule has 0 aliphatic heterocycles. The third kappa shape index (κ3) is 4.43. The van der Waals surface area contributed by atoms with Crippen LogP contribution in [0.5, 0.6) is 0 Å². The second-order valence-electron chi connectivity index (χ2n) is 10.3. The van der Waals surface area contributed by atoms with Crippen molar-refractivity contribution in [1.82, 2.24) is 9.88 Å². The summed E-state index contributed by atoms with van der Waals surface area (Å²) in [4.78, 5) is 37.3. The fourth-order valence-electron chi connectivity index (χ4n) is 5.43. The molecule has 1 saturated carbocycles. The van der Waals surface area contributed by atoms with E-state index in [2.05, 4.69) is 9.88 Å². The molecule has 3 aromatic rings. The van der Waals surface area contributed by atoms with E-state index < -0.39 is 40.6 Å². The van der Waals surface area contributed by atoms with Crippen molar-refractivity contribution in [1.29, 1.82) is 0 Å². The molecule has 1 heterocycles. The predicted molar refractivity (Wildman–Crippen MR) is 133 cm³/mol. The molecule has 0 spiro atoms. The molecule has 0 radical (unpaired) electrons. The maximum Gasteiger partial charge on any atom is 0.326 e. The molecule has 2 unspecified atom stereocenters. The molecule has 1 fully saturated rings. The molecule has 3 N–H and O–H groups in total. The van der Waals surface area contributed by atoms with E-state index in [1.165, 1.54) is 0 Å². The van der Waals surface area contributed by atoms with Crippen LogP contribution in [0.2, 0.25) is 0 Å². The van der Waals surface area contributed by atoms with Crippen molar-refractivity contribution in [2.24, 2.45) is 16.7 Å². The second kappa shape index (κ2) is 9.21. The van der Waals surface area contributed by atoms with E-state index in [0.717, 1.165) is 22.0 Å². The molecular weight excluding hydrogens is 444 g/mol. The number of carboxylic acid groups (broad SMARTS) is 2. The number of carbonyl (C=O) groups excluding carboxylic acids is 1. The quantitative estimate of drug-likeness (QED) is 0.448. The number of aromatic nitrogens is 1. The lowest BCUT2D eigenvalue weighted by molar-refractivity contribution is -0.155. The SMILES string of the molecule is CC1(C)C(C(=O)NC(Cc2cn(Cc3ccccc3)c3ccccc23)C(=O)O)CC[C@@]1(C)C(=O)O. The number of hydrogen-bond acceptors (Lipinski definition) is 3. The van der Waals surface area contributed by atoms with Gasteiger partial charge in [0.15, 0.2) is 0 Å². The highest BCUT2D eigenvalue weighted by Crippen LogP contribution is 2.56. The van der Waals surface area contributed by atoms with Crippen LogP contribution in [0.4, 0.5) is 0 Å². The van der Waals surface area contributed by atoms with E-state index in [-0.39, 0.29) is 6.42 Å². The van der Waals surface area contributed by atoms with Crippen LogP contribution >= 0.6 is 0 Å². The Morgan fingerprint density at radius 3 is 2.31 bits per heavy atom. The number of carboxylic acids is 2. The summed E-state index contributed by atoms with van der Waals surface area (Å²) >= 11 is 0. The molecule has 7 heteroatoms. The van der Waals surface area contributed by atoms with Crippen molar-refractivity contribution >= 4 is 28.7 Å². The molecule has 1 aromatic heterocycles. The minimum absolute atomic E-state index is 0.132. The van der Waals surface area contributed by atoms with Crippen molar-refractivity contribution in [3.8, 4) is 0 Å². The Labute approximate surface area is 204 Å². The maximum absolute atomic E-state index is 13.2. The van der Waals surface area contributed by atoms with E-state index in [4.69, 9.17) is 0 Å². The lowest BCUT2D eigenvalue weighted by Gasteiger charge is -2.38. The fourth-order valence-corrected chi connectivity index (χ4v) is 5.43. The molecule has 7 nitrogen and oxygen atoms in total. The number of nitrogens with zero attached hydrogens (tertiary/aromatic N) is 1. The van der Waals surface area contributed by atoms with Gasteiger partial charge in [-0.25, -0.2) is 4.79 Å². The van der Waals surface area contributed by atoms with E-state index in [1.54, 1.807) is 20.8 Å². The first-order valence-corrected chi connectivity index (χ1v) is 11.9. The fraction of sp³-hybridized carbons (Fsp3) is 0.393. The summed E-state index contributed by atoms with van der Waals surface area (Å²) in [7, 11) is 0. The summed E-state index contributed by atoms with van der Waals surface area (Å²) < 4.78 is 2.10. The van der Waals surface area contributed by atoms with E-state index in [9.17, 15) is 24.6 Å². The minimum atomic E-state index is -1.12. The topological polar surface area (TPSA) is 109 Å². The zero-order chi connectivity index (χ0) is 25.4. The molecule has 1 aliphatic carbocycles. The summed E-state index contributed by atoms with van der Waals surface area (Å²) in [5, 5.41) is 23.4. The van der Waals surface area contributed by atoms with Crippen LogP contribution in [-0.2, 0) is 27.3 Å². The van der Waals surface area contributed by atoms with Gasteiger partial charge in [0.25, 0.3) is 0 Å². The number of carbonyl (C=O) groups is 3. The minimum Gasteiger partial charge on any atom is -0.481 e. The zero-order valence-electron chi connectivity index (χ0n) is 20.3. The first-order chi connectivity index (χ1) is 16.5. The van der Waals surface area contributed by atoms with Crippen molar-refractivity contribution < 1.29 is 24.6 Å². The number of rotatable bonds is 8. The van der Waals surface area contributed by atoms with Gasteiger partial charge in [-0.1, -0.05) is 62.4 Å². The standard InChI is InChI=1S/C28H32N2O5/c1-27(2)21(13-14-28(27,3)26(34)35)24(31)29-22(25(32)33)15-19-17-30(16-18-9-5-4-6-10-18)23-12-8-7-11-20(19)23/h4-12,17,21-22H,13-16H2,1-3H3,(H,29,31)(H,32,33)(H,34,35)/t21?,22?,28-/m0/s1. The molecule has 4 rings (SSSR count). The number of para-hydroxylation sites is 1. The lowest BCUT2D eigenvalue weighted by atomic mass is 9.65. The summed E-state index contributed by atoms with van der Waals surface area (Å²) in [5.74, 6) is -3.03. The Kier molecular flexibility index (Phi) is 6.45. The second-order valence-corrected chi connectivity index (χ2v) is 10.3. The first kappa shape index (κ1) is 24.5. The van der Waals surface area contributed by atoms with Crippen LogP contribution in [0.25, 0.3) is 10.9 Å². The van der Waals surface area contributed by atoms with Gasteiger partial charge >= 0.3 is 11.9 Å². The smallest absolute Gasteiger partial charge is 0.326 e. The summed E-state index contributed by atoms with van der Waals surface area (Å²) in [6.45, 7) is 5.88. The zero-order valence-corrected chi connectivity index (χ0v) is 20.3. The lowest BCUT2D eigenvalue weighted by Crippen LogP contribution is -2.49. The monoisotopic (exact) mass is 476 g/mol. The van der Waals surface area contributed by atoms with Gasteiger partial charge in [0.2, 0.25) is 5.91 Å². The van der Waals surface area contributed by atoms with Crippen molar-refractivity contribution in [2.75, 3.05) is 0 Å². The average molecular weight is 477 g/mol. The third-order valence-electron chi connectivity index (χ3n) is 8.12. The normalized spacial score (nSPS) is 22.1. The molecule has 184 valence electrons. The van der Waals surface area contributed by atoms with E-state index in [0.29, 0.717) is 19.4 Å². The van der Waals surface area contributed by atoms with Gasteiger partial charge in [-0.05, 0) is 42.4 Å². The van der Waals surface area contributed by atoms with Gasteiger partial charge in [0.1, 0.15) is 6.04 Å². The van der Waals surface area contributed by atoms with Crippen LogP contribution in [-0.4, -0.2) is 38.7 Å². The largest absolute Gasteiger partial charge is 0.481 e. The Bertz CT molecular complexity index is 1260. The van der Waals surface area contributed by atoms with Gasteiger partial charge < -0.3 is 20.1 Å². The first-order valence-electron chi connectivity index (χ1n) is 11.9. The summed E-state index contributed by atoms with van der Waals surface area (Å²) in [6.07, 6.45) is 2.87. The third-order valence-corrected chi connectivity index (χ3v) is 8.12. The Morgan fingerprint density at radius 2 is 1.69 bits per heavy atom. The maximum atomic E-state index is 13.2.